The number of fused-ring (bicyclic) bond motifs is 1. The van der Waals surface area contributed by atoms with E-state index in [4.69, 9.17) is 9.98 Å². The monoisotopic (exact) mass is 377 g/mol. The Balaban J connectivity index is 1.69. The Morgan fingerprint density at radius 3 is 2.57 bits per heavy atom. The maximum atomic E-state index is 5.02. The molecule has 2 aromatic rings. The van der Waals surface area contributed by atoms with Gasteiger partial charge in [-0.3, -0.25) is 14.4 Å². The van der Waals surface area contributed by atoms with Crippen molar-refractivity contribution in [2.75, 3.05) is 18.0 Å². The van der Waals surface area contributed by atoms with Crippen molar-refractivity contribution in [3.63, 3.8) is 0 Å². The summed E-state index contributed by atoms with van der Waals surface area (Å²) in [7, 11) is 0. The molecule has 0 aliphatic carbocycles. The van der Waals surface area contributed by atoms with Crippen molar-refractivity contribution in [2.45, 2.75) is 60.3 Å². The molecule has 1 unspecified atom stereocenters. The zero-order chi connectivity index (χ0) is 19.8. The Hall–Kier alpha value is -2.43. The molecule has 5 nitrogen and oxygen atoms in total. The van der Waals surface area contributed by atoms with Gasteiger partial charge in [0.2, 0.25) is 0 Å². The van der Waals surface area contributed by atoms with Crippen LogP contribution in [0.25, 0.3) is 5.65 Å². The first kappa shape index (κ1) is 18.9. The summed E-state index contributed by atoms with van der Waals surface area (Å²) < 4.78 is 2.24. The third kappa shape index (κ3) is 3.38. The van der Waals surface area contributed by atoms with Crippen molar-refractivity contribution < 1.29 is 0 Å². The second-order valence-corrected chi connectivity index (χ2v) is 8.28. The Morgan fingerprint density at radius 1 is 1.07 bits per heavy atom. The van der Waals surface area contributed by atoms with E-state index in [1.54, 1.807) is 0 Å². The van der Waals surface area contributed by atoms with Crippen LogP contribution in [0.2, 0.25) is 0 Å². The van der Waals surface area contributed by atoms with Crippen LogP contribution >= 0.6 is 0 Å². The predicted molar refractivity (Wildman–Crippen MR) is 116 cm³/mol. The molecule has 2 aliphatic heterocycles. The molecule has 2 aliphatic rings. The van der Waals surface area contributed by atoms with Crippen molar-refractivity contribution in [3.05, 3.63) is 46.7 Å². The summed E-state index contributed by atoms with van der Waals surface area (Å²) >= 11 is 0. The number of rotatable bonds is 4. The molecule has 1 fully saturated rings. The highest BCUT2D eigenvalue weighted by atomic mass is 15.3. The van der Waals surface area contributed by atoms with E-state index < -0.39 is 0 Å². The minimum atomic E-state index is 0.446. The van der Waals surface area contributed by atoms with Gasteiger partial charge in [-0.2, -0.15) is 0 Å². The van der Waals surface area contributed by atoms with Gasteiger partial charge in [-0.05, 0) is 70.9 Å². The van der Waals surface area contributed by atoms with Crippen LogP contribution in [-0.4, -0.2) is 33.2 Å². The first-order valence-corrected chi connectivity index (χ1v) is 10.5. The maximum absolute atomic E-state index is 5.02. The number of hydrogen-bond donors (Lipinski definition) is 0. The zero-order valence-corrected chi connectivity index (χ0v) is 17.8. The third-order valence-electron chi connectivity index (χ3n) is 6.30. The van der Waals surface area contributed by atoms with Crippen LogP contribution in [0, 0.1) is 12.8 Å². The molecule has 28 heavy (non-hydrogen) atoms. The van der Waals surface area contributed by atoms with Crippen molar-refractivity contribution in [3.8, 4) is 0 Å². The molecule has 0 bridgehead atoms. The van der Waals surface area contributed by atoms with Crippen LogP contribution in [0.4, 0.5) is 5.82 Å². The van der Waals surface area contributed by atoms with Crippen LogP contribution in [0.5, 0.6) is 0 Å². The lowest BCUT2D eigenvalue weighted by Crippen LogP contribution is -2.21. The summed E-state index contributed by atoms with van der Waals surface area (Å²) in [5, 5.41) is 0. The van der Waals surface area contributed by atoms with Crippen LogP contribution in [-0.2, 0) is 6.42 Å². The Morgan fingerprint density at radius 2 is 1.82 bits per heavy atom. The smallest absolute Gasteiger partial charge is 0.160 e. The van der Waals surface area contributed by atoms with Crippen LogP contribution in [0.15, 0.2) is 40.3 Å². The second kappa shape index (κ2) is 7.53. The van der Waals surface area contributed by atoms with Crippen molar-refractivity contribution in [1.29, 1.82) is 0 Å². The van der Waals surface area contributed by atoms with Gasteiger partial charge in [0, 0.05) is 36.9 Å². The van der Waals surface area contributed by atoms with Gasteiger partial charge in [0.05, 0.1) is 11.4 Å². The molecular weight excluding hydrogens is 346 g/mol. The molecule has 4 rings (SSSR count). The molecule has 5 heteroatoms. The molecule has 148 valence electrons. The molecule has 2 aromatic heterocycles. The molecule has 1 atom stereocenters. The molecular formula is C23H31N5. The number of aromatic nitrogens is 3. The molecule has 0 amide bonds. The fraction of sp³-hybridized carbons (Fsp3) is 0.522. The van der Waals surface area contributed by atoms with Crippen LogP contribution < -0.4 is 4.90 Å². The third-order valence-corrected chi connectivity index (χ3v) is 6.30. The zero-order valence-electron chi connectivity index (χ0n) is 17.8. The molecule has 0 aromatic carbocycles. The van der Waals surface area contributed by atoms with Gasteiger partial charge in [-0.15, -0.1) is 0 Å². The van der Waals surface area contributed by atoms with Crippen LogP contribution in [0.3, 0.4) is 0 Å². The van der Waals surface area contributed by atoms with Gasteiger partial charge in [-0.1, -0.05) is 12.5 Å². The van der Waals surface area contributed by atoms with E-state index >= 15 is 0 Å². The van der Waals surface area contributed by atoms with E-state index in [2.05, 4.69) is 54.3 Å². The van der Waals surface area contributed by atoms with Gasteiger partial charge >= 0.3 is 0 Å². The summed E-state index contributed by atoms with van der Waals surface area (Å²) in [5.74, 6) is 1.70. The summed E-state index contributed by atoms with van der Waals surface area (Å²) in [5.41, 5.74) is 8.24. The number of aliphatic imine (C=N–C) groups is 1. The average molecular weight is 378 g/mol. The number of imidazole rings is 1. The molecule has 0 N–H and O–H groups in total. The summed E-state index contributed by atoms with van der Waals surface area (Å²) in [6, 6.07) is 0. The molecule has 0 saturated carbocycles. The topological polar surface area (TPSA) is 45.8 Å². The second-order valence-electron chi connectivity index (χ2n) is 8.28. The predicted octanol–water partition coefficient (Wildman–Crippen LogP) is 4.90. The van der Waals surface area contributed by atoms with Crippen LogP contribution in [0.1, 0.15) is 58.3 Å². The summed E-state index contributed by atoms with van der Waals surface area (Å²) in [6.45, 7) is 13.1. The minimum Gasteiger partial charge on any atom is -0.356 e. The van der Waals surface area contributed by atoms with Crippen molar-refractivity contribution >= 4 is 17.2 Å². The van der Waals surface area contributed by atoms with Gasteiger partial charge < -0.3 is 4.90 Å². The minimum absolute atomic E-state index is 0.446. The highest BCUT2D eigenvalue weighted by molar-refractivity contribution is 5.94. The van der Waals surface area contributed by atoms with Gasteiger partial charge in [-0.25, -0.2) is 4.98 Å². The van der Waals surface area contributed by atoms with E-state index in [0.29, 0.717) is 5.92 Å². The number of anilines is 1. The number of hydrogen-bond acceptors (Lipinski definition) is 4. The summed E-state index contributed by atoms with van der Waals surface area (Å²) in [4.78, 5) is 16.9. The van der Waals surface area contributed by atoms with Gasteiger partial charge in [0.1, 0.15) is 5.82 Å². The Labute approximate surface area is 167 Å². The number of nitrogens with zero attached hydrogens (tertiary/aromatic N) is 5. The summed E-state index contributed by atoms with van der Waals surface area (Å²) in [6.07, 6.45) is 10.5. The SMILES string of the molecule is CC1=CC(C)=NC(CCc2nc3c(C)nccn3c2N2CCCC2)=C(C)C1C. The lowest BCUT2D eigenvalue weighted by molar-refractivity contribution is 0.764. The quantitative estimate of drug-likeness (QED) is 0.761. The standard InChI is InChI=1S/C23H31N5/c1-15-14-16(2)25-20(18(4)17(15)3)8-9-21-23(27-11-6-7-12-27)28-13-10-24-19(5)22(28)26-21/h10,13-14,17H,6-9,11-12H2,1-5H3. The number of aryl methyl sites for hydroxylation is 2. The maximum Gasteiger partial charge on any atom is 0.160 e. The van der Waals surface area contributed by atoms with Gasteiger partial charge in [0.15, 0.2) is 5.65 Å². The Bertz CT molecular complexity index is 986. The fourth-order valence-corrected chi connectivity index (χ4v) is 4.44. The highest BCUT2D eigenvalue weighted by Crippen LogP contribution is 2.31. The van der Waals surface area contributed by atoms with Crippen molar-refractivity contribution in [2.24, 2.45) is 10.9 Å². The molecule has 4 heterocycles. The van der Waals surface area contributed by atoms with E-state index in [9.17, 15) is 0 Å². The number of allylic oxidation sites excluding steroid dienone is 4. The van der Waals surface area contributed by atoms with E-state index in [0.717, 1.165) is 43.0 Å². The largest absolute Gasteiger partial charge is 0.356 e. The highest BCUT2D eigenvalue weighted by Gasteiger charge is 2.23. The molecule has 1 saturated heterocycles. The fourth-order valence-electron chi connectivity index (χ4n) is 4.44. The molecule has 0 radical (unpaired) electrons. The van der Waals surface area contributed by atoms with Gasteiger partial charge in [0.25, 0.3) is 0 Å². The first-order chi connectivity index (χ1) is 13.5. The normalized spacial score (nSPS) is 20.6. The van der Waals surface area contributed by atoms with E-state index in [-0.39, 0.29) is 0 Å². The molecule has 0 spiro atoms. The first-order valence-electron chi connectivity index (χ1n) is 10.5. The van der Waals surface area contributed by atoms with E-state index in [1.807, 2.05) is 13.1 Å². The van der Waals surface area contributed by atoms with E-state index in [1.165, 1.54) is 41.2 Å². The van der Waals surface area contributed by atoms with Crippen molar-refractivity contribution in [1.82, 2.24) is 14.4 Å². The lowest BCUT2D eigenvalue weighted by Gasteiger charge is -2.19. The lowest BCUT2D eigenvalue weighted by atomic mass is 9.92. The average Bonchev–Trinajstić information content (AvgIpc) is 3.29. The Kier molecular flexibility index (Phi) is 5.09.